The van der Waals surface area contributed by atoms with Crippen LogP contribution in [0.4, 0.5) is 10.6 Å². The lowest BCUT2D eigenvalue weighted by atomic mass is 9.93. The summed E-state index contributed by atoms with van der Waals surface area (Å²) in [6.07, 6.45) is 0.631. The highest BCUT2D eigenvalue weighted by Crippen LogP contribution is 2.49. The molecule has 1 aliphatic carbocycles. The normalized spacial score (nSPS) is 14.5. The Morgan fingerprint density at radius 2 is 1.49 bits per heavy atom. The molecule has 8 nitrogen and oxygen atoms in total. The number of rotatable bonds is 7. The van der Waals surface area contributed by atoms with Gasteiger partial charge in [0, 0.05) is 12.6 Å². The van der Waals surface area contributed by atoms with Gasteiger partial charge in [0.05, 0.1) is 12.5 Å². The molecule has 0 saturated heterocycles. The van der Waals surface area contributed by atoms with Gasteiger partial charge < -0.3 is 9.47 Å². The minimum Gasteiger partial charge on any atom is -0.468 e. The third-order valence-electron chi connectivity index (χ3n) is 6.74. The van der Waals surface area contributed by atoms with Gasteiger partial charge in [0.15, 0.2) is 5.82 Å². The molecule has 8 heteroatoms. The van der Waals surface area contributed by atoms with E-state index >= 15 is 0 Å². The number of anilines is 1. The van der Waals surface area contributed by atoms with Gasteiger partial charge >= 0.3 is 12.1 Å². The second-order valence-corrected chi connectivity index (χ2v) is 9.20. The molecule has 188 valence electrons. The summed E-state index contributed by atoms with van der Waals surface area (Å²) in [5.41, 5.74) is 4.82. The lowest BCUT2D eigenvalue weighted by Gasteiger charge is -2.14. The first kappa shape index (κ1) is 24.2. The summed E-state index contributed by atoms with van der Waals surface area (Å²) in [6, 6.07) is 25.4. The topological polar surface area (TPSA) is 95.3 Å². The second-order valence-electron chi connectivity index (χ2n) is 9.20. The van der Waals surface area contributed by atoms with Crippen LogP contribution in [-0.4, -0.2) is 34.2 Å². The van der Waals surface area contributed by atoms with E-state index in [2.05, 4.69) is 15.5 Å². The maximum absolute atomic E-state index is 12.6. The van der Waals surface area contributed by atoms with E-state index in [1.165, 1.54) is 11.9 Å². The number of carbonyl (C=O) groups is 2. The van der Waals surface area contributed by atoms with Crippen LogP contribution in [0.5, 0.6) is 0 Å². The molecule has 3 aromatic carbocycles. The van der Waals surface area contributed by atoms with E-state index < -0.39 is 17.6 Å². The molecular formula is C29H28N4O4. The van der Waals surface area contributed by atoms with Crippen LogP contribution in [0.15, 0.2) is 78.9 Å². The third-order valence-corrected chi connectivity index (χ3v) is 6.74. The Kier molecular flexibility index (Phi) is 6.48. The fourth-order valence-corrected chi connectivity index (χ4v) is 4.50. The largest absolute Gasteiger partial charge is 0.468 e. The highest BCUT2D eigenvalue weighted by atomic mass is 16.6. The number of aryl methyl sites for hydroxylation is 1. The summed E-state index contributed by atoms with van der Waals surface area (Å²) in [5.74, 6) is 0.152. The summed E-state index contributed by atoms with van der Waals surface area (Å²) in [4.78, 5) is 26.1. The Hall–Kier alpha value is -4.46. The molecule has 0 spiro atoms. The van der Waals surface area contributed by atoms with Crippen LogP contribution >= 0.6 is 0 Å². The summed E-state index contributed by atoms with van der Waals surface area (Å²) in [6.45, 7) is 1.82. The van der Waals surface area contributed by atoms with Crippen molar-refractivity contribution >= 4 is 17.9 Å². The molecule has 1 fully saturated rings. The van der Waals surface area contributed by atoms with Gasteiger partial charge in [-0.15, -0.1) is 5.10 Å². The predicted octanol–water partition coefficient (Wildman–Crippen LogP) is 5.66. The summed E-state index contributed by atoms with van der Waals surface area (Å²) in [7, 11) is 3.13. The van der Waals surface area contributed by atoms with Gasteiger partial charge in [-0.1, -0.05) is 78.9 Å². The summed E-state index contributed by atoms with van der Waals surface area (Å²) >= 11 is 0. The lowest BCUT2D eigenvalue weighted by molar-refractivity contribution is -0.143. The van der Waals surface area contributed by atoms with Crippen LogP contribution in [0.25, 0.3) is 22.4 Å². The van der Waals surface area contributed by atoms with Gasteiger partial charge in [0.1, 0.15) is 11.8 Å². The molecule has 1 unspecified atom stereocenters. The fourth-order valence-electron chi connectivity index (χ4n) is 4.50. The maximum atomic E-state index is 12.6. The van der Waals surface area contributed by atoms with E-state index in [-0.39, 0.29) is 5.97 Å². The number of ether oxygens (including phenoxy) is 2. The smallest absolute Gasteiger partial charge is 0.413 e. The highest BCUT2D eigenvalue weighted by molar-refractivity contribution is 5.89. The van der Waals surface area contributed by atoms with Crippen molar-refractivity contribution in [1.82, 2.24) is 15.0 Å². The zero-order valence-corrected chi connectivity index (χ0v) is 21.0. The molecule has 1 heterocycles. The fraction of sp³-hybridized carbons (Fsp3) is 0.241. The number of methoxy groups -OCH3 is 1. The Morgan fingerprint density at radius 3 is 2.08 bits per heavy atom. The summed E-state index contributed by atoms with van der Waals surface area (Å²) in [5, 5.41) is 11.5. The molecular weight excluding hydrogens is 468 g/mol. The maximum Gasteiger partial charge on any atom is 0.413 e. The Morgan fingerprint density at radius 1 is 0.892 bits per heavy atom. The molecule has 1 atom stereocenters. The van der Waals surface area contributed by atoms with Crippen molar-refractivity contribution in [1.29, 1.82) is 0 Å². The Bertz CT molecular complexity index is 1410. The number of hydrogen-bond acceptors (Lipinski definition) is 6. The first-order valence-electron chi connectivity index (χ1n) is 12.1. The van der Waals surface area contributed by atoms with Crippen LogP contribution in [0.3, 0.4) is 0 Å². The quantitative estimate of drug-likeness (QED) is 0.332. The first-order chi connectivity index (χ1) is 17.9. The number of carbonyl (C=O) groups excluding carboxylic acids is 2. The van der Waals surface area contributed by atoms with Crippen LogP contribution in [0.2, 0.25) is 0 Å². The van der Waals surface area contributed by atoms with Crippen LogP contribution in [0, 0.1) is 0 Å². The minimum absolute atomic E-state index is 0.170. The van der Waals surface area contributed by atoms with Crippen LogP contribution in [0.1, 0.15) is 37.0 Å². The van der Waals surface area contributed by atoms with Crippen molar-refractivity contribution in [2.24, 2.45) is 7.05 Å². The van der Waals surface area contributed by atoms with E-state index in [0.29, 0.717) is 11.5 Å². The van der Waals surface area contributed by atoms with Crippen LogP contribution < -0.4 is 5.32 Å². The van der Waals surface area contributed by atoms with Crippen molar-refractivity contribution in [2.75, 3.05) is 12.4 Å². The zero-order chi connectivity index (χ0) is 26.0. The number of aromatic nitrogens is 3. The lowest BCUT2D eigenvalue weighted by Crippen LogP contribution is -2.21. The van der Waals surface area contributed by atoms with Gasteiger partial charge in [-0.3, -0.25) is 10.1 Å². The number of amides is 1. The van der Waals surface area contributed by atoms with Gasteiger partial charge in [0.2, 0.25) is 0 Å². The van der Waals surface area contributed by atoms with E-state index in [1.54, 1.807) is 7.05 Å². The van der Waals surface area contributed by atoms with Crippen LogP contribution in [-0.2, 0) is 26.7 Å². The Balaban J connectivity index is 1.29. The van der Waals surface area contributed by atoms with Crippen molar-refractivity contribution in [3.05, 3.63) is 90.0 Å². The number of esters is 1. The van der Waals surface area contributed by atoms with Crippen molar-refractivity contribution in [3.8, 4) is 22.4 Å². The standard InChI is InChI=1S/C29H28N4O4/c1-19(20-7-5-4-6-8-20)37-28(35)30-26-25(31-33(2)32-26)23-11-9-21(10-12-23)22-13-15-24(16-14-22)29(17-18-29)27(34)36-3/h4-16,19H,17-18H2,1-3H3,(H,30,32,35). The number of nitrogens with one attached hydrogen (secondary N) is 1. The SMILES string of the molecule is COC(=O)C1(c2ccc(-c3ccc(-c4nn(C)nc4NC(=O)OC(C)c4ccccc4)cc3)cc2)CC1. The van der Waals surface area contributed by atoms with Gasteiger partial charge in [-0.25, -0.2) is 4.79 Å². The molecule has 4 aromatic rings. The first-order valence-corrected chi connectivity index (χ1v) is 12.1. The second kappa shape index (κ2) is 9.89. The molecule has 1 amide bonds. The molecule has 0 radical (unpaired) electrons. The molecule has 1 N–H and O–H groups in total. The average Bonchev–Trinajstić information content (AvgIpc) is 3.66. The van der Waals surface area contributed by atoms with Crippen molar-refractivity contribution < 1.29 is 19.1 Å². The number of nitrogens with zero attached hydrogens (tertiary/aromatic N) is 3. The van der Waals surface area contributed by atoms with Gasteiger partial charge in [-0.05, 0) is 42.0 Å². The van der Waals surface area contributed by atoms with Gasteiger partial charge in [0.25, 0.3) is 0 Å². The monoisotopic (exact) mass is 496 g/mol. The minimum atomic E-state index is -0.602. The van der Waals surface area contributed by atoms with E-state index in [1.807, 2.05) is 85.8 Å². The highest BCUT2D eigenvalue weighted by Gasteiger charge is 2.52. The molecule has 1 aromatic heterocycles. The zero-order valence-electron chi connectivity index (χ0n) is 21.0. The number of benzene rings is 3. The Labute approximate surface area is 215 Å². The van der Waals surface area contributed by atoms with E-state index in [9.17, 15) is 9.59 Å². The third kappa shape index (κ3) is 4.95. The summed E-state index contributed by atoms with van der Waals surface area (Å²) < 4.78 is 10.5. The van der Waals surface area contributed by atoms with Crippen molar-refractivity contribution in [3.63, 3.8) is 0 Å². The molecule has 0 aliphatic heterocycles. The van der Waals surface area contributed by atoms with Gasteiger partial charge in [-0.2, -0.15) is 9.90 Å². The average molecular weight is 497 g/mol. The molecule has 37 heavy (non-hydrogen) atoms. The molecule has 0 bridgehead atoms. The van der Waals surface area contributed by atoms with E-state index in [4.69, 9.17) is 9.47 Å². The molecule has 1 aliphatic rings. The van der Waals surface area contributed by atoms with E-state index in [0.717, 1.165) is 40.7 Å². The van der Waals surface area contributed by atoms with Crippen molar-refractivity contribution in [2.45, 2.75) is 31.3 Å². The molecule has 5 rings (SSSR count). The predicted molar refractivity (Wildman–Crippen MR) is 140 cm³/mol. The molecule has 1 saturated carbocycles. The number of hydrogen-bond donors (Lipinski definition) is 1.